The molecular formula is C4H8F2S2. The summed E-state index contributed by atoms with van der Waals surface area (Å²) in [5, 5.41) is -2.53. The Morgan fingerprint density at radius 2 is 1.88 bits per heavy atom. The van der Waals surface area contributed by atoms with Crippen LogP contribution in [0.2, 0.25) is 0 Å². The molecule has 8 heavy (non-hydrogen) atoms. The number of hydrogen-bond acceptors (Lipinski definition) is 2. The van der Waals surface area contributed by atoms with Gasteiger partial charge in [0.1, 0.15) is 0 Å². The number of hydrogen-bond donors (Lipinski definition) is 0. The fourth-order valence-electron chi connectivity index (χ4n) is 0.227. The zero-order chi connectivity index (χ0) is 6.62. The van der Waals surface area contributed by atoms with Gasteiger partial charge in [0.05, 0.1) is 5.75 Å². The summed E-state index contributed by atoms with van der Waals surface area (Å²) in [5.41, 5.74) is 0. The van der Waals surface area contributed by atoms with Crippen molar-refractivity contribution in [1.82, 2.24) is 0 Å². The minimum Gasteiger partial charge on any atom is -0.193 e. The maximum atomic E-state index is 12.1. The number of halogens is 2. The molecule has 0 radical (unpaired) electrons. The molecule has 4 heteroatoms. The van der Waals surface area contributed by atoms with Crippen molar-refractivity contribution in [2.24, 2.45) is 0 Å². The Labute approximate surface area is 56.4 Å². The first-order valence-electron chi connectivity index (χ1n) is 2.04. The monoisotopic (exact) mass is 158 g/mol. The zero-order valence-electron chi connectivity index (χ0n) is 4.78. The molecule has 0 N–H and O–H groups in total. The topological polar surface area (TPSA) is 0 Å². The number of rotatable bonds is 3. The molecule has 0 aliphatic carbocycles. The maximum Gasteiger partial charge on any atom is 0.302 e. The molecule has 0 aliphatic rings. The van der Waals surface area contributed by atoms with E-state index in [0.717, 1.165) is 11.8 Å². The molecule has 0 bridgehead atoms. The van der Waals surface area contributed by atoms with Crippen LogP contribution >= 0.6 is 23.5 Å². The van der Waals surface area contributed by atoms with E-state index in [9.17, 15) is 8.78 Å². The lowest BCUT2D eigenvalue weighted by atomic mass is 10.8. The lowest BCUT2D eigenvalue weighted by molar-refractivity contribution is 0.135. The van der Waals surface area contributed by atoms with Gasteiger partial charge in [-0.05, 0) is 12.5 Å². The highest BCUT2D eigenvalue weighted by Gasteiger charge is 2.25. The van der Waals surface area contributed by atoms with Crippen molar-refractivity contribution in [2.45, 2.75) is 5.25 Å². The highest BCUT2D eigenvalue weighted by Crippen LogP contribution is 2.28. The lowest BCUT2D eigenvalue weighted by Gasteiger charge is -2.09. The Morgan fingerprint density at radius 1 is 1.38 bits per heavy atom. The smallest absolute Gasteiger partial charge is 0.193 e. The summed E-state index contributed by atoms with van der Waals surface area (Å²) < 4.78 is 24.2. The molecule has 0 aromatic rings. The highest BCUT2D eigenvalue weighted by atomic mass is 32.2. The van der Waals surface area contributed by atoms with E-state index in [1.165, 1.54) is 6.26 Å². The van der Waals surface area contributed by atoms with Gasteiger partial charge in [-0.25, -0.2) is 0 Å². The summed E-state index contributed by atoms with van der Waals surface area (Å²) in [5.74, 6) is -0.0891. The van der Waals surface area contributed by atoms with E-state index in [2.05, 4.69) is 0 Å². The fraction of sp³-hybridized carbons (Fsp3) is 1.00. The Hall–Kier alpha value is 0.560. The third kappa shape index (κ3) is 3.55. The third-order valence-electron chi connectivity index (χ3n) is 0.611. The summed E-state index contributed by atoms with van der Waals surface area (Å²) in [7, 11) is 0. The quantitative estimate of drug-likeness (QED) is 0.618. The van der Waals surface area contributed by atoms with E-state index in [1.807, 2.05) is 0 Å². The van der Waals surface area contributed by atoms with E-state index in [0.29, 0.717) is 11.8 Å². The summed E-state index contributed by atoms with van der Waals surface area (Å²) in [6, 6.07) is 0. The van der Waals surface area contributed by atoms with E-state index < -0.39 is 5.25 Å². The minimum absolute atomic E-state index is 0.0891. The van der Waals surface area contributed by atoms with Gasteiger partial charge >= 0.3 is 5.25 Å². The molecule has 0 amide bonds. The molecule has 0 unspecified atom stereocenters. The minimum atomic E-state index is -2.53. The Balaban J connectivity index is 3.37. The summed E-state index contributed by atoms with van der Waals surface area (Å²) in [4.78, 5) is 0. The second kappa shape index (κ2) is 3.56. The standard InChI is InChI=1S/C4H8F2S2/c1-7-3-4(5,6)8-2/h3H2,1-2H3. The molecule has 0 nitrogen and oxygen atoms in total. The number of alkyl halides is 2. The first-order valence-corrected chi connectivity index (χ1v) is 4.66. The van der Waals surface area contributed by atoms with Gasteiger partial charge in [-0.2, -0.15) is 20.5 Å². The fourth-order valence-corrected chi connectivity index (χ4v) is 1.39. The molecule has 0 saturated carbocycles. The van der Waals surface area contributed by atoms with Crippen molar-refractivity contribution in [2.75, 3.05) is 18.3 Å². The van der Waals surface area contributed by atoms with Crippen LogP contribution in [-0.2, 0) is 0 Å². The van der Waals surface area contributed by atoms with Gasteiger partial charge in [0.15, 0.2) is 0 Å². The molecule has 0 spiro atoms. The van der Waals surface area contributed by atoms with Crippen molar-refractivity contribution in [3.05, 3.63) is 0 Å². The third-order valence-corrected chi connectivity index (χ3v) is 2.19. The van der Waals surface area contributed by atoms with E-state index in [-0.39, 0.29) is 5.75 Å². The molecular weight excluding hydrogens is 150 g/mol. The molecule has 0 saturated heterocycles. The predicted octanol–water partition coefficient (Wildman–Crippen LogP) is 2.31. The van der Waals surface area contributed by atoms with Crippen LogP contribution in [0.4, 0.5) is 8.78 Å². The first-order chi connectivity index (χ1) is 3.62. The molecule has 0 aliphatic heterocycles. The van der Waals surface area contributed by atoms with Crippen LogP contribution in [-0.4, -0.2) is 23.5 Å². The molecule has 0 fully saturated rings. The van der Waals surface area contributed by atoms with Crippen LogP contribution in [0.1, 0.15) is 0 Å². The van der Waals surface area contributed by atoms with E-state index in [4.69, 9.17) is 0 Å². The van der Waals surface area contributed by atoms with Crippen molar-refractivity contribution in [3.8, 4) is 0 Å². The molecule has 0 aromatic heterocycles. The Kier molecular flexibility index (Phi) is 3.81. The van der Waals surface area contributed by atoms with Crippen LogP contribution in [0, 0.1) is 0 Å². The predicted molar refractivity (Wildman–Crippen MR) is 36.8 cm³/mol. The van der Waals surface area contributed by atoms with Crippen LogP contribution in [0.25, 0.3) is 0 Å². The zero-order valence-corrected chi connectivity index (χ0v) is 6.41. The van der Waals surface area contributed by atoms with Gasteiger partial charge in [0, 0.05) is 0 Å². The van der Waals surface area contributed by atoms with Crippen LogP contribution < -0.4 is 0 Å². The van der Waals surface area contributed by atoms with Crippen molar-refractivity contribution < 1.29 is 8.78 Å². The van der Waals surface area contributed by atoms with Gasteiger partial charge in [-0.3, -0.25) is 0 Å². The van der Waals surface area contributed by atoms with Crippen molar-refractivity contribution in [3.63, 3.8) is 0 Å². The normalized spacial score (nSPS) is 12.0. The Bertz CT molecular complexity index is 65.1. The van der Waals surface area contributed by atoms with E-state index in [1.54, 1.807) is 6.26 Å². The number of thioether (sulfide) groups is 2. The van der Waals surface area contributed by atoms with Gasteiger partial charge in [-0.15, -0.1) is 0 Å². The summed E-state index contributed by atoms with van der Waals surface area (Å²) >= 11 is 1.76. The van der Waals surface area contributed by atoms with E-state index >= 15 is 0 Å². The summed E-state index contributed by atoms with van der Waals surface area (Å²) in [6.07, 6.45) is 3.08. The van der Waals surface area contributed by atoms with Crippen LogP contribution in [0.5, 0.6) is 0 Å². The van der Waals surface area contributed by atoms with Gasteiger partial charge in [0.2, 0.25) is 0 Å². The van der Waals surface area contributed by atoms with Crippen molar-refractivity contribution >= 4 is 23.5 Å². The highest BCUT2D eigenvalue weighted by molar-refractivity contribution is 8.03. The molecule has 0 rings (SSSR count). The molecule has 50 valence electrons. The second-order valence-electron chi connectivity index (χ2n) is 1.27. The largest absolute Gasteiger partial charge is 0.302 e. The molecule has 0 heterocycles. The molecule has 0 atom stereocenters. The first kappa shape index (κ1) is 8.56. The van der Waals surface area contributed by atoms with Crippen LogP contribution in [0.15, 0.2) is 0 Å². The average Bonchev–Trinajstić information content (AvgIpc) is 1.67. The second-order valence-corrected chi connectivity index (χ2v) is 3.15. The average molecular weight is 158 g/mol. The SMILES string of the molecule is CSCC(F)(F)SC. The molecule has 0 aromatic carbocycles. The van der Waals surface area contributed by atoms with Gasteiger partial charge in [-0.1, -0.05) is 11.8 Å². The van der Waals surface area contributed by atoms with Crippen molar-refractivity contribution in [1.29, 1.82) is 0 Å². The van der Waals surface area contributed by atoms with Crippen LogP contribution in [0.3, 0.4) is 0 Å². The van der Waals surface area contributed by atoms with Gasteiger partial charge in [0.25, 0.3) is 0 Å². The lowest BCUT2D eigenvalue weighted by Crippen LogP contribution is -2.12. The maximum absolute atomic E-state index is 12.1. The summed E-state index contributed by atoms with van der Waals surface area (Å²) in [6.45, 7) is 0. The Morgan fingerprint density at radius 3 is 2.00 bits per heavy atom. The van der Waals surface area contributed by atoms with Gasteiger partial charge < -0.3 is 0 Å².